The third-order valence-corrected chi connectivity index (χ3v) is 8.30. The Kier molecular flexibility index (Phi) is 7.95. The summed E-state index contributed by atoms with van der Waals surface area (Å²) in [4.78, 5) is 0. The minimum atomic E-state index is -4.45. The highest BCUT2D eigenvalue weighted by Crippen LogP contribution is 2.49. The van der Waals surface area contributed by atoms with Crippen molar-refractivity contribution in [3.05, 3.63) is 53.6 Å². The molecular formula is C25H34F3N3O3S. The van der Waals surface area contributed by atoms with Crippen molar-refractivity contribution in [3.8, 4) is 0 Å². The van der Waals surface area contributed by atoms with Crippen LogP contribution in [0.15, 0.2) is 42.5 Å². The molecule has 35 heavy (non-hydrogen) atoms. The van der Waals surface area contributed by atoms with E-state index in [9.17, 15) is 21.6 Å². The molecule has 0 radical (unpaired) electrons. The molecule has 0 amide bonds. The molecule has 3 aliphatic rings. The summed E-state index contributed by atoms with van der Waals surface area (Å²) in [6.07, 6.45) is 5.04. The van der Waals surface area contributed by atoms with E-state index in [2.05, 4.69) is 27.5 Å². The molecule has 4 rings (SSSR count). The normalized spacial score (nSPS) is 28.5. The highest BCUT2D eigenvalue weighted by atomic mass is 32.2. The third kappa shape index (κ3) is 6.47. The lowest BCUT2D eigenvalue weighted by atomic mass is 9.73. The largest absolute Gasteiger partial charge is 0.416 e. The lowest BCUT2D eigenvalue weighted by Crippen LogP contribution is -2.48. The van der Waals surface area contributed by atoms with Gasteiger partial charge in [0.15, 0.2) is 0 Å². The van der Waals surface area contributed by atoms with E-state index < -0.39 is 34.0 Å². The van der Waals surface area contributed by atoms with Gasteiger partial charge in [0, 0.05) is 48.3 Å². The van der Waals surface area contributed by atoms with Crippen molar-refractivity contribution in [2.75, 3.05) is 24.2 Å². The van der Waals surface area contributed by atoms with Gasteiger partial charge in [0.2, 0.25) is 10.0 Å². The van der Waals surface area contributed by atoms with E-state index in [1.807, 2.05) is 26.0 Å². The van der Waals surface area contributed by atoms with E-state index in [1.54, 1.807) is 0 Å². The molecule has 3 N–H and O–H groups in total. The molecular weight excluding hydrogens is 479 g/mol. The molecule has 0 saturated carbocycles. The molecule has 0 bridgehead atoms. The molecule has 1 aromatic carbocycles. The molecule has 6 nitrogen and oxygen atoms in total. The van der Waals surface area contributed by atoms with E-state index >= 15 is 0 Å². The number of alkyl halides is 3. The molecule has 0 aromatic heterocycles. The Bertz CT molecular complexity index is 1060. The minimum absolute atomic E-state index is 0.0183. The standard InChI is InChI=1S/C25H34F3N3O3S/c1-16(2)29-12-13-35(32,33)30-15-19-9-10-20-23(17-6-4-3-5-7-17)31-22-11-8-18(25(26,27)28)14-21(22)24(20)34-19/h3-6,8,11,14,16-17,19-20,23-24,29-31H,7,9-10,12-13,15H2,1-2H3/t17?,19-,20+,23+,24+/m1/s1. The van der Waals surface area contributed by atoms with Crippen LogP contribution < -0.4 is 15.4 Å². The molecule has 1 aromatic rings. The Hall–Kier alpha value is -1.88. The first-order chi connectivity index (χ1) is 16.5. The molecule has 2 aliphatic heterocycles. The average molecular weight is 514 g/mol. The number of anilines is 1. The smallest absolute Gasteiger partial charge is 0.381 e. The summed E-state index contributed by atoms with van der Waals surface area (Å²) in [6, 6.07) is 3.97. The number of nitrogens with one attached hydrogen (secondary N) is 3. The van der Waals surface area contributed by atoms with Crippen molar-refractivity contribution in [2.24, 2.45) is 11.8 Å². The molecule has 2 heterocycles. The fourth-order valence-corrected chi connectivity index (χ4v) is 6.16. The fraction of sp³-hybridized carbons (Fsp3) is 0.600. The summed E-state index contributed by atoms with van der Waals surface area (Å²) >= 11 is 0. The van der Waals surface area contributed by atoms with Gasteiger partial charge in [-0.15, -0.1) is 0 Å². The molecule has 1 aliphatic carbocycles. The van der Waals surface area contributed by atoms with Gasteiger partial charge in [0.25, 0.3) is 0 Å². The summed E-state index contributed by atoms with van der Waals surface area (Å²) in [5.74, 6) is 0.139. The van der Waals surface area contributed by atoms with E-state index in [4.69, 9.17) is 4.74 Å². The molecule has 1 unspecified atom stereocenters. The number of halogens is 3. The molecule has 1 saturated heterocycles. The van der Waals surface area contributed by atoms with Gasteiger partial charge in [-0.1, -0.05) is 38.2 Å². The highest BCUT2D eigenvalue weighted by Gasteiger charge is 2.45. The van der Waals surface area contributed by atoms with E-state index in [0.29, 0.717) is 24.2 Å². The Morgan fingerprint density at radius 2 is 2.00 bits per heavy atom. The topological polar surface area (TPSA) is 79.5 Å². The van der Waals surface area contributed by atoms with E-state index in [0.717, 1.165) is 18.9 Å². The predicted molar refractivity (Wildman–Crippen MR) is 131 cm³/mol. The number of allylic oxidation sites excluding steroid dienone is 3. The Balaban J connectivity index is 1.52. The van der Waals surface area contributed by atoms with Crippen molar-refractivity contribution < 1.29 is 26.3 Å². The first-order valence-electron chi connectivity index (χ1n) is 12.2. The minimum Gasteiger partial charge on any atom is -0.381 e. The predicted octanol–water partition coefficient (Wildman–Crippen LogP) is 4.39. The zero-order chi connectivity index (χ0) is 25.2. The molecule has 10 heteroatoms. The second-order valence-corrected chi connectivity index (χ2v) is 11.8. The highest BCUT2D eigenvalue weighted by molar-refractivity contribution is 7.89. The number of fused-ring (bicyclic) bond motifs is 3. The maximum Gasteiger partial charge on any atom is 0.416 e. The number of hydrogen-bond acceptors (Lipinski definition) is 5. The second kappa shape index (κ2) is 10.6. The first kappa shape index (κ1) is 26.2. The number of benzene rings is 1. The lowest BCUT2D eigenvalue weighted by molar-refractivity contribution is -0.138. The van der Waals surface area contributed by atoms with Crippen LogP contribution in [0, 0.1) is 11.8 Å². The second-order valence-electron chi connectivity index (χ2n) is 9.88. The maximum atomic E-state index is 13.5. The Morgan fingerprint density at radius 1 is 1.20 bits per heavy atom. The van der Waals surface area contributed by atoms with Gasteiger partial charge in [-0.05, 0) is 37.5 Å². The van der Waals surface area contributed by atoms with Gasteiger partial charge in [0.05, 0.1) is 23.5 Å². The molecule has 194 valence electrons. The van der Waals surface area contributed by atoms with Crippen LogP contribution in [0.2, 0.25) is 0 Å². The third-order valence-electron chi connectivity index (χ3n) is 6.95. The van der Waals surface area contributed by atoms with Crippen LogP contribution in [0.25, 0.3) is 0 Å². The molecule has 5 atom stereocenters. The number of ether oxygens (including phenoxy) is 1. The Labute approximate surface area is 205 Å². The summed E-state index contributed by atoms with van der Waals surface area (Å²) < 4.78 is 74.2. The fourth-order valence-electron chi connectivity index (χ4n) is 5.19. The average Bonchev–Trinajstić information content (AvgIpc) is 2.81. The van der Waals surface area contributed by atoms with Gasteiger partial charge >= 0.3 is 6.18 Å². The van der Waals surface area contributed by atoms with Crippen molar-refractivity contribution in [2.45, 2.75) is 63.6 Å². The monoisotopic (exact) mass is 513 g/mol. The van der Waals surface area contributed by atoms with Gasteiger partial charge < -0.3 is 15.4 Å². The van der Waals surface area contributed by atoms with E-state index in [1.165, 1.54) is 12.1 Å². The van der Waals surface area contributed by atoms with Gasteiger partial charge in [-0.3, -0.25) is 0 Å². The van der Waals surface area contributed by atoms with E-state index in [-0.39, 0.29) is 36.2 Å². The van der Waals surface area contributed by atoms with Gasteiger partial charge in [-0.2, -0.15) is 13.2 Å². The number of rotatable bonds is 8. The summed E-state index contributed by atoms with van der Waals surface area (Å²) in [6.45, 7) is 4.33. The zero-order valence-electron chi connectivity index (χ0n) is 20.0. The van der Waals surface area contributed by atoms with Crippen molar-refractivity contribution in [3.63, 3.8) is 0 Å². The maximum absolute atomic E-state index is 13.5. The molecule has 0 spiro atoms. The van der Waals surface area contributed by atoms with Crippen LogP contribution in [-0.4, -0.2) is 45.4 Å². The summed E-state index contributed by atoms with van der Waals surface area (Å²) in [7, 11) is -3.49. The SMILES string of the molecule is CC(C)NCCS(=O)(=O)NC[C@H]1CC[C@@H]2[C@H](O1)c1cc(C(F)(F)F)ccc1N[C@H]2C1C=CC=CC1. The van der Waals surface area contributed by atoms with Crippen LogP contribution in [0.4, 0.5) is 18.9 Å². The van der Waals surface area contributed by atoms with Crippen molar-refractivity contribution >= 4 is 15.7 Å². The van der Waals surface area contributed by atoms with Crippen LogP contribution >= 0.6 is 0 Å². The van der Waals surface area contributed by atoms with Crippen molar-refractivity contribution in [1.82, 2.24) is 10.0 Å². The first-order valence-corrected chi connectivity index (χ1v) is 13.9. The van der Waals surface area contributed by atoms with Crippen LogP contribution in [0.3, 0.4) is 0 Å². The number of sulfonamides is 1. The lowest BCUT2D eigenvalue weighted by Gasteiger charge is -2.47. The van der Waals surface area contributed by atoms with Crippen LogP contribution in [-0.2, 0) is 20.9 Å². The molecule has 1 fully saturated rings. The van der Waals surface area contributed by atoms with Gasteiger partial charge in [-0.25, -0.2) is 13.1 Å². The summed E-state index contributed by atoms with van der Waals surface area (Å²) in [5.41, 5.74) is 0.429. The quantitative estimate of drug-likeness (QED) is 0.481. The van der Waals surface area contributed by atoms with Crippen LogP contribution in [0.5, 0.6) is 0 Å². The van der Waals surface area contributed by atoms with Crippen molar-refractivity contribution in [1.29, 1.82) is 0 Å². The van der Waals surface area contributed by atoms with Crippen LogP contribution in [0.1, 0.15) is 50.3 Å². The summed E-state index contributed by atoms with van der Waals surface area (Å²) in [5, 5.41) is 6.58. The Morgan fingerprint density at radius 3 is 2.69 bits per heavy atom. The van der Waals surface area contributed by atoms with Gasteiger partial charge in [0.1, 0.15) is 0 Å². The number of hydrogen-bond donors (Lipinski definition) is 3. The zero-order valence-corrected chi connectivity index (χ0v) is 20.8.